The number of nitrogens with zero attached hydrogens (tertiary/aromatic N) is 2. The van der Waals surface area contributed by atoms with Gasteiger partial charge in [-0.2, -0.15) is 4.98 Å². The van der Waals surface area contributed by atoms with Crippen LogP contribution in [0, 0.1) is 0 Å². The predicted octanol–water partition coefficient (Wildman–Crippen LogP) is -0.952. The van der Waals surface area contributed by atoms with Gasteiger partial charge in [0.15, 0.2) is 11.3 Å². The first-order valence-electron chi connectivity index (χ1n) is 5.83. The molecule has 4 N–H and O–H groups in total. The molecule has 1 aromatic heterocycles. The van der Waals surface area contributed by atoms with Crippen molar-refractivity contribution in [2.24, 2.45) is 0 Å². The van der Waals surface area contributed by atoms with E-state index in [0.29, 0.717) is 0 Å². The Morgan fingerprint density at radius 1 is 1.70 bits per heavy atom. The van der Waals surface area contributed by atoms with Crippen molar-refractivity contribution in [2.75, 3.05) is 19.5 Å². The summed E-state index contributed by atoms with van der Waals surface area (Å²) < 4.78 is 11.6. The van der Waals surface area contributed by atoms with Crippen LogP contribution < -0.4 is 11.4 Å². The van der Waals surface area contributed by atoms with Crippen molar-refractivity contribution in [2.45, 2.75) is 29.9 Å². The normalized spacial score (nSPS) is 37.2. The number of halogens is 1. The lowest BCUT2D eigenvalue weighted by Gasteiger charge is -2.30. The van der Waals surface area contributed by atoms with E-state index < -0.39 is 35.3 Å². The van der Waals surface area contributed by atoms with E-state index in [1.54, 1.807) is 0 Å². The summed E-state index contributed by atoms with van der Waals surface area (Å²) in [6.07, 6.45) is -0.884. The lowest BCUT2D eigenvalue weighted by molar-refractivity contribution is -0.105. The number of ether oxygens (including phenoxy) is 2. The summed E-state index contributed by atoms with van der Waals surface area (Å²) in [5.41, 5.74) is 3.05. The van der Waals surface area contributed by atoms with Gasteiger partial charge in [-0.3, -0.25) is 4.57 Å². The summed E-state index contributed by atoms with van der Waals surface area (Å²) in [5, 5.41) is 18.3. The van der Waals surface area contributed by atoms with Crippen molar-refractivity contribution in [3.8, 4) is 0 Å². The zero-order chi connectivity index (χ0) is 15.1. The van der Waals surface area contributed by atoms with Crippen molar-refractivity contribution < 1.29 is 19.7 Å². The standard InChI is InChI=1S/C11H16ClN3O5/c1-10(18)7(19-2)11(12,5-16)20-8(10)15-4-3-6(13)14-9(15)17/h3-4,7-8,16,18H,5H2,1-2H3,(H2,13,14,17)/t7-,8+,10+,11+/m0/s1. The minimum absolute atomic E-state index is 0.0477. The number of alkyl halides is 1. The summed E-state index contributed by atoms with van der Waals surface area (Å²) >= 11 is 6.12. The number of aromatic nitrogens is 2. The molecule has 1 aromatic rings. The van der Waals surface area contributed by atoms with Crippen LogP contribution in [0.2, 0.25) is 0 Å². The zero-order valence-corrected chi connectivity index (χ0v) is 11.7. The fourth-order valence-corrected chi connectivity index (χ4v) is 2.80. The topological polar surface area (TPSA) is 120 Å². The van der Waals surface area contributed by atoms with Crippen LogP contribution in [0.5, 0.6) is 0 Å². The highest BCUT2D eigenvalue weighted by Crippen LogP contribution is 2.47. The Kier molecular flexibility index (Phi) is 3.78. The van der Waals surface area contributed by atoms with E-state index in [9.17, 15) is 15.0 Å². The number of anilines is 1. The van der Waals surface area contributed by atoms with Crippen molar-refractivity contribution in [3.63, 3.8) is 0 Å². The number of hydrogen-bond acceptors (Lipinski definition) is 7. The summed E-state index contributed by atoms with van der Waals surface area (Å²) in [4.78, 5) is 15.4. The van der Waals surface area contributed by atoms with Gasteiger partial charge in [-0.25, -0.2) is 4.79 Å². The van der Waals surface area contributed by atoms with E-state index in [0.717, 1.165) is 4.57 Å². The third-order valence-electron chi connectivity index (χ3n) is 3.29. The molecule has 2 rings (SSSR count). The number of aliphatic hydroxyl groups is 2. The molecule has 8 nitrogen and oxygen atoms in total. The molecule has 20 heavy (non-hydrogen) atoms. The predicted molar refractivity (Wildman–Crippen MR) is 70.1 cm³/mol. The molecule has 1 saturated heterocycles. The first kappa shape index (κ1) is 15.2. The van der Waals surface area contributed by atoms with Crippen molar-refractivity contribution in [1.29, 1.82) is 0 Å². The molecule has 9 heteroatoms. The highest BCUT2D eigenvalue weighted by Gasteiger charge is 2.62. The van der Waals surface area contributed by atoms with E-state index in [1.807, 2.05) is 0 Å². The summed E-state index contributed by atoms with van der Waals surface area (Å²) in [7, 11) is 1.32. The minimum Gasteiger partial charge on any atom is -0.392 e. The Morgan fingerprint density at radius 3 is 2.80 bits per heavy atom. The van der Waals surface area contributed by atoms with Gasteiger partial charge in [0, 0.05) is 13.3 Å². The number of nitrogens with two attached hydrogens (primary N) is 1. The lowest BCUT2D eigenvalue weighted by Crippen LogP contribution is -2.50. The molecule has 0 saturated carbocycles. The Balaban J connectivity index is 2.50. The van der Waals surface area contributed by atoms with Crippen LogP contribution in [-0.4, -0.2) is 50.2 Å². The van der Waals surface area contributed by atoms with E-state index >= 15 is 0 Å². The largest absolute Gasteiger partial charge is 0.392 e. The van der Waals surface area contributed by atoms with Gasteiger partial charge in [-0.1, -0.05) is 11.6 Å². The molecule has 0 bridgehead atoms. The van der Waals surface area contributed by atoms with Gasteiger partial charge in [-0.05, 0) is 13.0 Å². The van der Waals surface area contributed by atoms with Crippen LogP contribution >= 0.6 is 11.6 Å². The Bertz CT molecular complexity index is 563. The molecule has 1 aliphatic rings. The van der Waals surface area contributed by atoms with E-state index in [-0.39, 0.29) is 5.82 Å². The van der Waals surface area contributed by atoms with Gasteiger partial charge in [-0.15, -0.1) is 0 Å². The van der Waals surface area contributed by atoms with Crippen molar-refractivity contribution in [1.82, 2.24) is 9.55 Å². The summed E-state index contributed by atoms with van der Waals surface area (Å²) in [5.74, 6) is 0.0477. The van der Waals surface area contributed by atoms with E-state index in [2.05, 4.69) is 4.98 Å². The number of rotatable bonds is 3. The van der Waals surface area contributed by atoms with E-state index in [4.69, 9.17) is 26.8 Å². The second-order valence-corrected chi connectivity index (χ2v) is 5.44. The highest BCUT2D eigenvalue weighted by atomic mass is 35.5. The van der Waals surface area contributed by atoms with Gasteiger partial charge in [0.1, 0.15) is 17.5 Å². The van der Waals surface area contributed by atoms with Crippen LogP contribution in [-0.2, 0) is 9.47 Å². The maximum Gasteiger partial charge on any atom is 0.351 e. The lowest BCUT2D eigenvalue weighted by atomic mass is 9.96. The van der Waals surface area contributed by atoms with Crippen LogP contribution in [0.25, 0.3) is 0 Å². The van der Waals surface area contributed by atoms with Gasteiger partial charge in [0.2, 0.25) is 0 Å². The molecule has 0 aliphatic carbocycles. The second kappa shape index (κ2) is 4.97. The quantitative estimate of drug-likeness (QED) is 0.616. The van der Waals surface area contributed by atoms with Crippen LogP contribution in [0.1, 0.15) is 13.2 Å². The molecular formula is C11H16ClN3O5. The maximum atomic E-state index is 11.8. The number of aliphatic hydroxyl groups excluding tert-OH is 1. The number of methoxy groups -OCH3 is 1. The van der Waals surface area contributed by atoms with Crippen LogP contribution in [0.3, 0.4) is 0 Å². The third kappa shape index (κ3) is 2.19. The fraction of sp³-hybridized carbons (Fsp3) is 0.636. The Morgan fingerprint density at radius 2 is 2.35 bits per heavy atom. The Labute approximate surface area is 119 Å². The smallest absolute Gasteiger partial charge is 0.351 e. The van der Waals surface area contributed by atoms with Gasteiger partial charge < -0.3 is 25.4 Å². The molecule has 0 aromatic carbocycles. The number of nitrogen functional groups attached to an aromatic ring is 1. The summed E-state index contributed by atoms with van der Waals surface area (Å²) in [6, 6.07) is 1.38. The molecule has 0 spiro atoms. The molecule has 1 fully saturated rings. The fourth-order valence-electron chi connectivity index (χ4n) is 2.41. The highest BCUT2D eigenvalue weighted by molar-refractivity contribution is 6.23. The maximum absolute atomic E-state index is 11.8. The number of hydrogen-bond donors (Lipinski definition) is 3. The molecule has 0 radical (unpaired) electrons. The monoisotopic (exact) mass is 305 g/mol. The van der Waals surface area contributed by atoms with E-state index in [1.165, 1.54) is 26.3 Å². The average molecular weight is 306 g/mol. The molecule has 0 unspecified atom stereocenters. The van der Waals surface area contributed by atoms with Gasteiger partial charge in [0.05, 0.1) is 6.61 Å². The molecule has 0 amide bonds. The molecule has 112 valence electrons. The zero-order valence-electron chi connectivity index (χ0n) is 11.0. The second-order valence-electron chi connectivity index (χ2n) is 4.80. The van der Waals surface area contributed by atoms with Crippen molar-refractivity contribution >= 4 is 17.4 Å². The van der Waals surface area contributed by atoms with Crippen LogP contribution in [0.4, 0.5) is 5.82 Å². The third-order valence-corrected chi connectivity index (χ3v) is 3.69. The van der Waals surface area contributed by atoms with Crippen LogP contribution in [0.15, 0.2) is 17.1 Å². The first-order chi connectivity index (χ1) is 9.26. The molecular weight excluding hydrogens is 290 g/mol. The molecule has 4 atom stereocenters. The first-order valence-corrected chi connectivity index (χ1v) is 6.21. The average Bonchev–Trinajstić information content (AvgIpc) is 2.57. The molecule has 1 aliphatic heterocycles. The SMILES string of the molecule is CO[C@H]1[C@@](C)(O)[C@H](n2ccc(N)nc2=O)O[C@]1(Cl)CO. The summed E-state index contributed by atoms with van der Waals surface area (Å²) in [6.45, 7) is 0.797. The Hall–Kier alpha value is -1.19. The van der Waals surface area contributed by atoms with Crippen molar-refractivity contribution in [3.05, 3.63) is 22.7 Å². The molecule has 2 heterocycles. The minimum atomic E-state index is -1.66. The van der Waals surface area contributed by atoms with Gasteiger partial charge in [0.25, 0.3) is 0 Å². The van der Waals surface area contributed by atoms with Gasteiger partial charge >= 0.3 is 5.69 Å².